The second kappa shape index (κ2) is 5.54. The summed E-state index contributed by atoms with van der Waals surface area (Å²) in [6, 6.07) is 3.99. The van der Waals surface area contributed by atoms with E-state index in [-0.39, 0.29) is 4.47 Å². The number of nitrogens with one attached hydrogen (secondary N) is 1. The fraction of sp³-hybridized carbons (Fsp3) is 0.250. The molecule has 7 heteroatoms. The first-order valence-corrected chi connectivity index (χ1v) is 6.60. The van der Waals surface area contributed by atoms with Crippen LogP contribution in [0, 0.1) is 0 Å². The number of hydrogen-bond donors (Lipinski definition) is 1. The number of hydrogen-bond acceptors (Lipinski definition) is 1. The maximum atomic E-state index is 12.8. The number of rotatable bonds is 3. The Balaban J connectivity index is 2.25. The molecule has 2 aromatic rings. The molecule has 0 spiro atoms. The van der Waals surface area contributed by atoms with Gasteiger partial charge in [-0.25, -0.2) is 4.98 Å². The molecule has 1 N–H and O–H groups in total. The lowest BCUT2D eigenvalue weighted by Gasteiger charge is -2.13. The molecule has 0 amide bonds. The van der Waals surface area contributed by atoms with E-state index < -0.39 is 17.1 Å². The van der Waals surface area contributed by atoms with E-state index in [4.69, 9.17) is 11.6 Å². The van der Waals surface area contributed by atoms with E-state index in [1.165, 1.54) is 6.07 Å². The van der Waals surface area contributed by atoms with Crippen LogP contribution in [0.3, 0.4) is 0 Å². The Kier molecular flexibility index (Phi) is 4.20. The van der Waals surface area contributed by atoms with Crippen molar-refractivity contribution in [2.75, 3.05) is 0 Å². The minimum absolute atomic E-state index is 0.00520. The van der Waals surface area contributed by atoms with Gasteiger partial charge in [-0.15, -0.1) is 11.6 Å². The molecule has 2 nitrogen and oxygen atoms in total. The highest BCUT2D eigenvalue weighted by Gasteiger charge is 2.33. The van der Waals surface area contributed by atoms with Crippen molar-refractivity contribution in [1.82, 2.24) is 9.97 Å². The zero-order valence-corrected chi connectivity index (χ0v) is 11.9. The average molecular weight is 354 g/mol. The number of aromatic amines is 1. The van der Waals surface area contributed by atoms with Crippen LogP contribution in [0.15, 0.2) is 35.1 Å². The monoisotopic (exact) mass is 352 g/mol. The number of imidazole rings is 1. The molecule has 1 aromatic heterocycles. The maximum absolute atomic E-state index is 12.8. The third kappa shape index (κ3) is 3.51. The van der Waals surface area contributed by atoms with Gasteiger partial charge in [0.15, 0.2) is 0 Å². The summed E-state index contributed by atoms with van der Waals surface area (Å²) in [7, 11) is 0. The number of H-pyrrole nitrogens is 1. The van der Waals surface area contributed by atoms with Gasteiger partial charge in [0.1, 0.15) is 5.82 Å². The van der Waals surface area contributed by atoms with Crippen LogP contribution in [0.1, 0.15) is 22.3 Å². The van der Waals surface area contributed by atoms with Crippen molar-refractivity contribution in [2.45, 2.75) is 18.0 Å². The van der Waals surface area contributed by atoms with Crippen molar-refractivity contribution < 1.29 is 13.2 Å². The summed E-state index contributed by atoms with van der Waals surface area (Å²) in [6.07, 6.45) is -0.854. The molecule has 1 heterocycles. The lowest BCUT2D eigenvalue weighted by Crippen LogP contribution is -2.08. The van der Waals surface area contributed by atoms with E-state index in [2.05, 4.69) is 25.9 Å². The Morgan fingerprint density at radius 3 is 2.68 bits per heavy atom. The van der Waals surface area contributed by atoms with E-state index in [1.54, 1.807) is 18.5 Å². The zero-order chi connectivity index (χ0) is 14.0. The number of aromatic nitrogens is 2. The summed E-state index contributed by atoms with van der Waals surface area (Å²) in [6.45, 7) is 0. The number of benzene rings is 1. The summed E-state index contributed by atoms with van der Waals surface area (Å²) in [5, 5.41) is -0.569. The number of alkyl halides is 4. The molecule has 2 rings (SSSR count). The second-order valence-electron chi connectivity index (χ2n) is 3.94. The van der Waals surface area contributed by atoms with E-state index in [0.29, 0.717) is 17.8 Å². The normalized spacial score (nSPS) is 13.5. The predicted octanol–water partition coefficient (Wildman–Crippen LogP) is 4.71. The van der Waals surface area contributed by atoms with Crippen molar-refractivity contribution >= 4 is 27.5 Å². The van der Waals surface area contributed by atoms with Gasteiger partial charge in [-0.3, -0.25) is 0 Å². The Bertz CT molecular complexity index is 555. The molecule has 0 bridgehead atoms. The standard InChI is InChI=1S/C12H9BrClF3N2/c13-9-2-1-7(5-8(9)12(15,16)17)10(14)6-11-18-3-4-19-11/h1-5,10H,6H2,(H,18,19). The van der Waals surface area contributed by atoms with Crippen LogP contribution < -0.4 is 0 Å². The van der Waals surface area contributed by atoms with E-state index in [0.717, 1.165) is 6.07 Å². The first-order chi connectivity index (χ1) is 8.88. The third-order valence-electron chi connectivity index (χ3n) is 2.58. The van der Waals surface area contributed by atoms with Gasteiger partial charge in [0.25, 0.3) is 0 Å². The molecule has 0 saturated heterocycles. The highest BCUT2D eigenvalue weighted by molar-refractivity contribution is 9.10. The van der Waals surface area contributed by atoms with Gasteiger partial charge in [-0.2, -0.15) is 13.2 Å². The van der Waals surface area contributed by atoms with Gasteiger partial charge in [-0.1, -0.05) is 22.0 Å². The Morgan fingerprint density at radius 2 is 2.11 bits per heavy atom. The van der Waals surface area contributed by atoms with Crippen molar-refractivity contribution in [3.63, 3.8) is 0 Å². The SMILES string of the molecule is FC(F)(F)c1cc(C(Cl)Cc2ncc[nH]2)ccc1Br. The minimum atomic E-state index is -4.41. The molecule has 0 aliphatic heterocycles. The minimum Gasteiger partial charge on any atom is -0.349 e. The molecule has 1 unspecified atom stereocenters. The first-order valence-electron chi connectivity index (χ1n) is 5.37. The number of nitrogens with zero attached hydrogens (tertiary/aromatic N) is 1. The molecule has 0 aliphatic rings. The lowest BCUT2D eigenvalue weighted by atomic mass is 10.1. The highest BCUT2D eigenvalue weighted by Crippen LogP contribution is 2.37. The van der Waals surface area contributed by atoms with Crippen molar-refractivity contribution in [2.24, 2.45) is 0 Å². The van der Waals surface area contributed by atoms with Gasteiger partial charge >= 0.3 is 6.18 Å². The second-order valence-corrected chi connectivity index (χ2v) is 5.33. The van der Waals surface area contributed by atoms with Crippen LogP contribution in [0.5, 0.6) is 0 Å². The van der Waals surface area contributed by atoms with Crippen LogP contribution in [0.2, 0.25) is 0 Å². The van der Waals surface area contributed by atoms with Crippen molar-refractivity contribution in [3.05, 3.63) is 52.0 Å². The zero-order valence-electron chi connectivity index (χ0n) is 9.51. The molecular weight excluding hydrogens is 344 g/mol. The Morgan fingerprint density at radius 1 is 1.37 bits per heavy atom. The Hall–Kier alpha value is -1.01. The molecule has 0 saturated carbocycles. The van der Waals surface area contributed by atoms with Gasteiger partial charge in [0.05, 0.1) is 10.9 Å². The maximum Gasteiger partial charge on any atom is 0.417 e. The summed E-state index contributed by atoms with van der Waals surface area (Å²) in [4.78, 5) is 6.87. The summed E-state index contributed by atoms with van der Waals surface area (Å²) in [5.41, 5.74) is -0.316. The van der Waals surface area contributed by atoms with Gasteiger partial charge < -0.3 is 4.98 Å². The predicted molar refractivity (Wildman–Crippen MR) is 70.0 cm³/mol. The average Bonchev–Trinajstić information content (AvgIpc) is 2.80. The van der Waals surface area contributed by atoms with E-state index in [9.17, 15) is 13.2 Å². The molecule has 102 valence electrons. The third-order valence-corrected chi connectivity index (χ3v) is 3.68. The van der Waals surface area contributed by atoms with Gasteiger partial charge in [0, 0.05) is 23.3 Å². The molecular formula is C12H9BrClF3N2. The first kappa shape index (κ1) is 14.4. The topological polar surface area (TPSA) is 28.7 Å². The molecule has 19 heavy (non-hydrogen) atoms. The Labute approximate surface area is 121 Å². The summed E-state index contributed by atoms with van der Waals surface area (Å²) in [5.74, 6) is 0.636. The summed E-state index contributed by atoms with van der Waals surface area (Å²) >= 11 is 9.02. The summed E-state index contributed by atoms with van der Waals surface area (Å²) < 4.78 is 38.3. The van der Waals surface area contributed by atoms with Crippen molar-refractivity contribution in [3.8, 4) is 0 Å². The lowest BCUT2D eigenvalue weighted by molar-refractivity contribution is -0.138. The van der Waals surface area contributed by atoms with E-state index >= 15 is 0 Å². The van der Waals surface area contributed by atoms with Crippen LogP contribution in [0.4, 0.5) is 13.2 Å². The smallest absolute Gasteiger partial charge is 0.349 e. The van der Waals surface area contributed by atoms with E-state index in [1.807, 2.05) is 0 Å². The van der Waals surface area contributed by atoms with Crippen LogP contribution in [0.25, 0.3) is 0 Å². The van der Waals surface area contributed by atoms with Crippen LogP contribution in [-0.2, 0) is 12.6 Å². The van der Waals surface area contributed by atoms with Gasteiger partial charge in [0.2, 0.25) is 0 Å². The fourth-order valence-corrected chi connectivity index (χ4v) is 2.41. The van der Waals surface area contributed by atoms with Crippen LogP contribution in [-0.4, -0.2) is 9.97 Å². The van der Waals surface area contributed by atoms with Gasteiger partial charge in [-0.05, 0) is 17.7 Å². The highest BCUT2D eigenvalue weighted by atomic mass is 79.9. The molecule has 0 aliphatic carbocycles. The van der Waals surface area contributed by atoms with Crippen LogP contribution >= 0.6 is 27.5 Å². The quantitative estimate of drug-likeness (QED) is 0.795. The molecule has 0 radical (unpaired) electrons. The van der Waals surface area contributed by atoms with Crippen molar-refractivity contribution in [1.29, 1.82) is 0 Å². The molecule has 0 fully saturated rings. The number of halogens is 5. The fourth-order valence-electron chi connectivity index (χ4n) is 1.65. The largest absolute Gasteiger partial charge is 0.417 e. The molecule has 1 aromatic carbocycles. The molecule has 1 atom stereocenters.